The van der Waals surface area contributed by atoms with Gasteiger partial charge in [-0.3, -0.25) is 4.90 Å². The van der Waals surface area contributed by atoms with Gasteiger partial charge in [-0.25, -0.2) is 0 Å². The van der Waals surface area contributed by atoms with Gasteiger partial charge < -0.3 is 10.1 Å². The molecule has 3 nitrogen and oxygen atoms in total. The number of nitrogens with zero attached hydrogens (tertiary/aromatic N) is 1. The lowest BCUT2D eigenvalue weighted by Crippen LogP contribution is -2.42. The Balaban J connectivity index is 0.000000386. The van der Waals surface area contributed by atoms with Gasteiger partial charge in [0.1, 0.15) is 0 Å². The molecular formula is C13H22N2O. The van der Waals surface area contributed by atoms with Crippen LogP contribution in [0, 0.1) is 0 Å². The minimum Gasteiger partial charge on any atom is -0.388 e. The normalized spacial score (nSPS) is 16.4. The average Bonchev–Trinajstić information content (AvgIpc) is 2.33. The van der Waals surface area contributed by atoms with Crippen LogP contribution in [0.15, 0.2) is 30.3 Å². The van der Waals surface area contributed by atoms with Crippen molar-refractivity contribution in [2.24, 2.45) is 0 Å². The maximum atomic E-state index is 4.25. The Hall–Kier alpha value is -0.900. The van der Waals surface area contributed by atoms with Crippen molar-refractivity contribution in [3.63, 3.8) is 0 Å². The van der Waals surface area contributed by atoms with E-state index in [2.05, 4.69) is 45.3 Å². The summed E-state index contributed by atoms with van der Waals surface area (Å²) in [5, 5.41) is 3.36. The lowest BCUT2D eigenvalue weighted by atomic mass is 10.2. The maximum absolute atomic E-state index is 4.25. The number of hydrogen-bond acceptors (Lipinski definition) is 3. The number of piperazine rings is 1. The molecular weight excluding hydrogens is 200 g/mol. The Bertz CT molecular complexity index is 258. The van der Waals surface area contributed by atoms with Crippen LogP contribution in [0.2, 0.25) is 0 Å². The van der Waals surface area contributed by atoms with Crippen LogP contribution in [0.3, 0.4) is 0 Å². The molecule has 0 bridgehead atoms. The zero-order chi connectivity index (χ0) is 11.6. The van der Waals surface area contributed by atoms with Crippen LogP contribution in [0.1, 0.15) is 5.56 Å². The first-order chi connectivity index (χ1) is 7.86. The fourth-order valence-corrected chi connectivity index (χ4v) is 1.71. The largest absolute Gasteiger partial charge is 0.388 e. The molecule has 0 atom stereocenters. The monoisotopic (exact) mass is 222 g/mol. The number of methoxy groups -OCH3 is 1. The number of ether oxygens (including phenoxy) is 1. The highest BCUT2D eigenvalue weighted by atomic mass is 16.4. The van der Waals surface area contributed by atoms with Crippen molar-refractivity contribution in [2.45, 2.75) is 6.54 Å². The third-order valence-electron chi connectivity index (χ3n) is 2.46. The SMILES string of the molecule is COC.c1ccc(CN2CCNCC2)cc1. The van der Waals surface area contributed by atoms with Gasteiger partial charge in [0.15, 0.2) is 0 Å². The molecule has 3 heteroatoms. The van der Waals surface area contributed by atoms with E-state index >= 15 is 0 Å². The summed E-state index contributed by atoms with van der Waals surface area (Å²) in [4.78, 5) is 2.49. The number of rotatable bonds is 2. The van der Waals surface area contributed by atoms with E-state index in [9.17, 15) is 0 Å². The maximum Gasteiger partial charge on any atom is 0.0351 e. The molecule has 0 amide bonds. The topological polar surface area (TPSA) is 24.5 Å². The Morgan fingerprint density at radius 1 is 1.12 bits per heavy atom. The van der Waals surface area contributed by atoms with E-state index in [1.807, 2.05) is 0 Å². The van der Waals surface area contributed by atoms with E-state index in [4.69, 9.17) is 0 Å². The summed E-state index contributed by atoms with van der Waals surface area (Å²) in [5.74, 6) is 0. The van der Waals surface area contributed by atoms with Crippen molar-refractivity contribution in [1.29, 1.82) is 0 Å². The van der Waals surface area contributed by atoms with Crippen molar-refractivity contribution in [1.82, 2.24) is 10.2 Å². The van der Waals surface area contributed by atoms with Crippen LogP contribution < -0.4 is 5.32 Å². The molecule has 2 rings (SSSR count). The van der Waals surface area contributed by atoms with Gasteiger partial charge in [-0.15, -0.1) is 0 Å². The van der Waals surface area contributed by atoms with Crippen LogP contribution in [0.25, 0.3) is 0 Å². The molecule has 0 aliphatic carbocycles. The van der Waals surface area contributed by atoms with E-state index in [-0.39, 0.29) is 0 Å². The minimum absolute atomic E-state index is 1.10. The first kappa shape index (κ1) is 13.2. The minimum atomic E-state index is 1.10. The molecule has 0 aromatic heterocycles. The molecule has 1 aliphatic rings. The zero-order valence-electron chi connectivity index (χ0n) is 10.3. The zero-order valence-corrected chi connectivity index (χ0v) is 10.3. The second-order valence-corrected chi connectivity index (χ2v) is 3.92. The smallest absolute Gasteiger partial charge is 0.0351 e. The first-order valence-corrected chi connectivity index (χ1v) is 5.74. The second kappa shape index (κ2) is 8.28. The third kappa shape index (κ3) is 5.26. The summed E-state index contributed by atoms with van der Waals surface area (Å²) in [6, 6.07) is 10.7. The summed E-state index contributed by atoms with van der Waals surface area (Å²) in [5.41, 5.74) is 1.42. The van der Waals surface area contributed by atoms with Crippen molar-refractivity contribution < 1.29 is 4.74 Å². The molecule has 1 heterocycles. The Labute approximate surface area is 98.4 Å². The highest BCUT2D eigenvalue weighted by molar-refractivity contribution is 5.14. The number of benzene rings is 1. The standard InChI is InChI=1S/C11H16N2.C2H6O/c1-2-4-11(5-3-1)10-13-8-6-12-7-9-13;1-3-2/h1-5,12H,6-10H2;1-2H3. The molecule has 1 aromatic rings. The first-order valence-electron chi connectivity index (χ1n) is 5.74. The van der Waals surface area contributed by atoms with E-state index in [0.717, 1.165) is 19.6 Å². The predicted molar refractivity (Wildman–Crippen MR) is 67.5 cm³/mol. The van der Waals surface area contributed by atoms with Gasteiger partial charge in [-0.2, -0.15) is 0 Å². The van der Waals surface area contributed by atoms with Gasteiger partial charge in [0.2, 0.25) is 0 Å². The fourth-order valence-electron chi connectivity index (χ4n) is 1.71. The Kier molecular flexibility index (Phi) is 6.81. The molecule has 90 valence electrons. The summed E-state index contributed by atoms with van der Waals surface area (Å²) >= 11 is 0. The second-order valence-electron chi connectivity index (χ2n) is 3.92. The molecule has 1 saturated heterocycles. The van der Waals surface area contributed by atoms with Crippen LogP contribution >= 0.6 is 0 Å². The van der Waals surface area contributed by atoms with Crippen LogP contribution in [-0.2, 0) is 11.3 Å². The Morgan fingerprint density at radius 3 is 2.25 bits per heavy atom. The predicted octanol–water partition coefficient (Wildman–Crippen LogP) is 1.35. The molecule has 16 heavy (non-hydrogen) atoms. The van der Waals surface area contributed by atoms with Crippen molar-refractivity contribution in [3.8, 4) is 0 Å². The quantitative estimate of drug-likeness (QED) is 0.817. The molecule has 1 fully saturated rings. The van der Waals surface area contributed by atoms with Crippen molar-refractivity contribution >= 4 is 0 Å². The van der Waals surface area contributed by atoms with Gasteiger partial charge in [-0.1, -0.05) is 30.3 Å². The molecule has 1 N–H and O–H groups in total. The summed E-state index contributed by atoms with van der Waals surface area (Å²) in [7, 11) is 3.25. The van der Waals surface area contributed by atoms with Crippen LogP contribution in [0.4, 0.5) is 0 Å². The molecule has 1 aromatic carbocycles. The summed E-state index contributed by atoms with van der Waals surface area (Å²) < 4.78 is 4.25. The highest BCUT2D eigenvalue weighted by Crippen LogP contribution is 2.04. The van der Waals surface area contributed by atoms with Crippen LogP contribution in [-0.4, -0.2) is 45.3 Å². The number of hydrogen-bond donors (Lipinski definition) is 1. The average molecular weight is 222 g/mol. The van der Waals surface area contributed by atoms with Crippen LogP contribution in [0.5, 0.6) is 0 Å². The van der Waals surface area contributed by atoms with Gasteiger partial charge in [0.05, 0.1) is 0 Å². The van der Waals surface area contributed by atoms with Crippen molar-refractivity contribution in [2.75, 3.05) is 40.4 Å². The van der Waals surface area contributed by atoms with E-state index < -0.39 is 0 Å². The Morgan fingerprint density at radius 2 is 1.69 bits per heavy atom. The molecule has 0 radical (unpaired) electrons. The molecule has 0 spiro atoms. The summed E-state index contributed by atoms with van der Waals surface area (Å²) in [6.07, 6.45) is 0. The lowest BCUT2D eigenvalue weighted by Gasteiger charge is -2.27. The lowest BCUT2D eigenvalue weighted by molar-refractivity contribution is 0.233. The summed E-state index contributed by atoms with van der Waals surface area (Å²) in [6.45, 7) is 5.71. The van der Waals surface area contributed by atoms with E-state index in [1.54, 1.807) is 14.2 Å². The molecule has 0 unspecified atom stereocenters. The fraction of sp³-hybridized carbons (Fsp3) is 0.538. The third-order valence-corrected chi connectivity index (χ3v) is 2.46. The highest BCUT2D eigenvalue weighted by Gasteiger charge is 2.08. The number of nitrogens with one attached hydrogen (secondary N) is 1. The van der Waals surface area contributed by atoms with E-state index in [0.29, 0.717) is 0 Å². The van der Waals surface area contributed by atoms with Gasteiger partial charge in [-0.05, 0) is 5.56 Å². The van der Waals surface area contributed by atoms with E-state index in [1.165, 1.54) is 18.7 Å². The molecule has 0 saturated carbocycles. The van der Waals surface area contributed by atoms with Gasteiger partial charge in [0.25, 0.3) is 0 Å². The van der Waals surface area contributed by atoms with Gasteiger partial charge >= 0.3 is 0 Å². The molecule has 1 aliphatic heterocycles. The van der Waals surface area contributed by atoms with Crippen molar-refractivity contribution in [3.05, 3.63) is 35.9 Å². The van der Waals surface area contributed by atoms with Gasteiger partial charge in [0, 0.05) is 46.9 Å².